The monoisotopic (exact) mass is 204 g/mol. The molecule has 0 unspecified atom stereocenters. The number of hydrogen-bond donors (Lipinski definition) is 0. The van der Waals surface area contributed by atoms with Gasteiger partial charge in [0.05, 0.1) is 11.9 Å². The predicted molar refractivity (Wildman–Crippen MR) is 58.7 cm³/mol. The molecule has 0 N–H and O–H groups in total. The molecule has 0 fully saturated rings. The summed E-state index contributed by atoms with van der Waals surface area (Å²) in [5, 5.41) is 4.89. The summed E-state index contributed by atoms with van der Waals surface area (Å²) in [6.07, 6.45) is 5.42. The van der Waals surface area contributed by atoms with E-state index in [-0.39, 0.29) is 0 Å². The molecular weight excluding hydrogens is 196 g/mol. The Morgan fingerprint density at radius 1 is 1.43 bits per heavy atom. The molecule has 14 heavy (non-hydrogen) atoms. The summed E-state index contributed by atoms with van der Waals surface area (Å²) in [6.45, 7) is 3.68. The van der Waals surface area contributed by atoms with Gasteiger partial charge < -0.3 is 0 Å². The summed E-state index contributed by atoms with van der Waals surface area (Å²) in [7, 11) is 0. The second-order valence-corrected chi connectivity index (χ2v) is 3.34. The van der Waals surface area contributed by atoms with E-state index < -0.39 is 0 Å². The zero-order chi connectivity index (χ0) is 9.97. The number of rotatable bonds is 2. The summed E-state index contributed by atoms with van der Waals surface area (Å²) in [6, 6.07) is 7.54. The van der Waals surface area contributed by atoms with Gasteiger partial charge in [-0.2, -0.15) is 5.10 Å². The number of benzene rings is 1. The molecule has 0 radical (unpaired) electrons. The van der Waals surface area contributed by atoms with Crippen LogP contribution in [0.3, 0.4) is 0 Å². The van der Waals surface area contributed by atoms with Crippen LogP contribution in [0.5, 0.6) is 0 Å². The first kappa shape index (κ1) is 9.03. The van der Waals surface area contributed by atoms with Crippen LogP contribution in [0.25, 0.3) is 11.8 Å². The molecule has 0 saturated carbocycles. The summed E-state index contributed by atoms with van der Waals surface area (Å²) in [5.41, 5.74) is 1.94. The van der Waals surface area contributed by atoms with Crippen molar-refractivity contribution in [2.75, 3.05) is 0 Å². The fraction of sp³-hybridized carbons (Fsp3) is 0. The van der Waals surface area contributed by atoms with Crippen LogP contribution in [0, 0.1) is 0 Å². The van der Waals surface area contributed by atoms with Crippen LogP contribution >= 0.6 is 11.6 Å². The molecule has 70 valence electrons. The smallest absolute Gasteiger partial charge is 0.0660 e. The minimum Gasteiger partial charge on any atom is -0.240 e. The van der Waals surface area contributed by atoms with Crippen molar-refractivity contribution in [2.45, 2.75) is 0 Å². The van der Waals surface area contributed by atoms with Crippen molar-refractivity contribution < 1.29 is 0 Å². The number of halogens is 1. The van der Waals surface area contributed by atoms with Crippen LogP contribution in [0.1, 0.15) is 5.56 Å². The van der Waals surface area contributed by atoms with Gasteiger partial charge in [-0.3, -0.25) is 0 Å². The molecule has 1 aromatic heterocycles. The molecule has 0 saturated heterocycles. The predicted octanol–water partition coefficient (Wildman–Crippen LogP) is 3.17. The zero-order valence-electron chi connectivity index (χ0n) is 7.52. The molecule has 0 atom stereocenters. The van der Waals surface area contributed by atoms with Crippen LogP contribution in [0.4, 0.5) is 0 Å². The SMILES string of the molecule is C=Cc1cnn(-c2cccc(Cl)c2)c1. The van der Waals surface area contributed by atoms with Crippen LogP contribution < -0.4 is 0 Å². The van der Waals surface area contributed by atoms with Gasteiger partial charge in [0.1, 0.15) is 0 Å². The lowest BCUT2D eigenvalue weighted by Gasteiger charge is -2.00. The third-order valence-corrected chi connectivity index (χ3v) is 2.15. The molecular formula is C11H9ClN2. The van der Waals surface area contributed by atoms with E-state index in [1.165, 1.54) is 0 Å². The topological polar surface area (TPSA) is 17.8 Å². The lowest BCUT2D eigenvalue weighted by atomic mass is 10.3. The van der Waals surface area contributed by atoms with Crippen molar-refractivity contribution >= 4 is 17.7 Å². The van der Waals surface area contributed by atoms with Gasteiger partial charge in [-0.1, -0.05) is 30.3 Å². The highest BCUT2D eigenvalue weighted by Gasteiger charge is 1.98. The molecule has 1 heterocycles. The third-order valence-electron chi connectivity index (χ3n) is 1.91. The quantitative estimate of drug-likeness (QED) is 0.735. The Balaban J connectivity index is 2.43. The van der Waals surface area contributed by atoms with E-state index in [0.29, 0.717) is 5.02 Å². The molecule has 3 heteroatoms. The highest BCUT2D eigenvalue weighted by Crippen LogP contribution is 2.14. The minimum absolute atomic E-state index is 0.707. The molecule has 0 bridgehead atoms. The van der Waals surface area contributed by atoms with Crippen molar-refractivity contribution in [3.63, 3.8) is 0 Å². The maximum atomic E-state index is 5.87. The molecule has 2 aromatic rings. The van der Waals surface area contributed by atoms with E-state index in [4.69, 9.17) is 11.6 Å². The highest BCUT2D eigenvalue weighted by atomic mass is 35.5. The van der Waals surface area contributed by atoms with E-state index in [1.54, 1.807) is 17.0 Å². The maximum Gasteiger partial charge on any atom is 0.0660 e. The van der Waals surface area contributed by atoms with Crippen LogP contribution in [-0.2, 0) is 0 Å². The average molecular weight is 205 g/mol. The number of nitrogens with zero attached hydrogens (tertiary/aromatic N) is 2. The first-order valence-corrected chi connectivity index (χ1v) is 4.60. The van der Waals surface area contributed by atoms with Crippen molar-refractivity contribution in [3.05, 3.63) is 53.8 Å². The van der Waals surface area contributed by atoms with Gasteiger partial charge in [-0.05, 0) is 18.2 Å². The van der Waals surface area contributed by atoms with Gasteiger partial charge in [-0.15, -0.1) is 0 Å². The largest absolute Gasteiger partial charge is 0.240 e. The van der Waals surface area contributed by atoms with Gasteiger partial charge in [0.15, 0.2) is 0 Å². The van der Waals surface area contributed by atoms with E-state index >= 15 is 0 Å². The molecule has 1 aromatic carbocycles. The molecule has 2 rings (SSSR count). The van der Waals surface area contributed by atoms with Crippen molar-refractivity contribution in [1.82, 2.24) is 9.78 Å². The normalized spacial score (nSPS) is 10.1. The maximum absolute atomic E-state index is 5.87. The molecule has 0 aliphatic carbocycles. The van der Waals surface area contributed by atoms with Crippen molar-refractivity contribution in [2.24, 2.45) is 0 Å². The third kappa shape index (κ3) is 1.70. The standard InChI is InChI=1S/C11H9ClN2/c1-2-9-7-13-14(8-9)11-5-3-4-10(12)6-11/h2-8H,1H2. The molecule has 0 spiro atoms. The van der Waals surface area contributed by atoms with Crippen molar-refractivity contribution in [3.8, 4) is 5.69 Å². The van der Waals surface area contributed by atoms with E-state index in [1.807, 2.05) is 30.5 Å². The highest BCUT2D eigenvalue weighted by molar-refractivity contribution is 6.30. The average Bonchev–Trinajstić information content (AvgIpc) is 2.66. The fourth-order valence-electron chi connectivity index (χ4n) is 1.20. The first-order valence-electron chi connectivity index (χ1n) is 4.22. The van der Waals surface area contributed by atoms with E-state index in [2.05, 4.69) is 11.7 Å². The van der Waals surface area contributed by atoms with Crippen LogP contribution in [0.2, 0.25) is 5.02 Å². The lowest BCUT2D eigenvalue weighted by Crippen LogP contribution is -1.92. The summed E-state index contributed by atoms with van der Waals surface area (Å²) < 4.78 is 1.77. The number of aromatic nitrogens is 2. The Labute approximate surface area is 87.4 Å². The molecule has 0 amide bonds. The Morgan fingerprint density at radius 2 is 2.29 bits per heavy atom. The minimum atomic E-state index is 0.707. The zero-order valence-corrected chi connectivity index (χ0v) is 8.28. The fourth-order valence-corrected chi connectivity index (χ4v) is 1.39. The van der Waals surface area contributed by atoms with Gasteiger partial charge in [0, 0.05) is 16.8 Å². The Bertz CT molecular complexity index is 460. The summed E-state index contributed by atoms with van der Waals surface area (Å²) >= 11 is 5.87. The van der Waals surface area contributed by atoms with Crippen LogP contribution in [-0.4, -0.2) is 9.78 Å². The van der Waals surface area contributed by atoms with E-state index in [0.717, 1.165) is 11.3 Å². The molecule has 0 aliphatic rings. The molecule has 2 nitrogen and oxygen atoms in total. The second kappa shape index (κ2) is 3.68. The van der Waals surface area contributed by atoms with Gasteiger partial charge in [-0.25, -0.2) is 4.68 Å². The van der Waals surface area contributed by atoms with E-state index in [9.17, 15) is 0 Å². The number of hydrogen-bond acceptors (Lipinski definition) is 1. The summed E-state index contributed by atoms with van der Waals surface area (Å²) in [4.78, 5) is 0. The lowest BCUT2D eigenvalue weighted by molar-refractivity contribution is 0.880. The van der Waals surface area contributed by atoms with Crippen molar-refractivity contribution in [1.29, 1.82) is 0 Å². The Hall–Kier alpha value is -1.54. The summed E-state index contributed by atoms with van der Waals surface area (Å²) in [5.74, 6) is 0. The van der Waals surface area contributed by atoms with Gasteiger partial charge in [0.2, 0.25) is 0 Å². The Kier molecular flexibility index (Phi) is 2.37. The first-order chi connectivity index (χ1) is 6.79. The molecule has 0 aliphatic heterocycles. The van der Waals surface area contributed by atoms with Crippen LogP contribution in [0.15, 0.2) is 43.2 Å². The van der Waals surface area contributed by atoms with Gasteiger partial charge in [0.25, 0.3) is 0 Å². The second-order valence-electron chi connectivity index (χ2n) is 2.90. The Morgan fingerprint density at radius 3 is 2.93 bits per heavy atom. The van der Waals surface area contributed by atoms with Gasteiger partial charge >= 0.3 is 0 Å².